The lowest BCUT2D eigenvalue weighted by molar-refractivity contribution is 0.102. The van der Waals surface area contributed by atoms with Crippen molar-refractivity contribution in [3.05, 3.63) is 64.8 Å². The SMILES string of the molecule is O=C(Nc1ccc2nccnc2c1)c1ccc(=O)[nH]c1. The minimum atomic E-state index is -0.301. The molecule has 98 valence electrons. The molecule has 0 atom stereocenters. The first-order chi connectivity index (χ1) is 9.72. The maximum atomic E-state index is 12.0. The van der Waals surface area contributed by atoms with Crippen LogP contribution in [0, 0.1) is 0 Å². The smallest absolute Gasteiger partial charge is 0.257 e. The van der Waals surface area contributed by atoms with Gasteiger partial charge in [0.15, 0.2) is 0 Å². The predicted octanol–water partition coefficient (Wildman–Crippen LogP) is 1.57. The second-order valence-electron chi connectivity index (χ2n) is 4.16. The molecular weight excluding hydrogens is 256 g/mol. The summed E-state index contributed by atoms with van der Waals surface area (Å²) in [6, 6.07) is 8.05. The number of H-pyrrole nitrogens is 1. The van der Waals surface area contributed by atoms with Crippen molar-refractivity contribution in [2.75, 3.05) is 5.32 Å². The van der Waals surface area contributed by atoms with E-state index in [0.717, 1.165) is 5.52 Å². The van der Waals surface area contributed by atoms with Gasteiger partial charge in [-0.3, -0.25) is 19.6 Å². The Kier molecular flexibility index (Phi) is 2.96. The average Bonchev–Trinajstić information content (AvgIpc) is 2.48. The molecule has 2 aromatic heterocycles. The van der Waals surface area contributed by atoms with Crippen LogP contribution in [-0.4, -0.2) is 20.9 Å². The number of pyridine rings is 1. The van der Waals surface area contributed by atoms with Crippen LogP contribution in [0.2, 0.25) is 0 Å². The number of hydrogen-bond acceptors (Lipinski definition) is 4. The number of hydrogen-bond donors (Lipinski definition) is 2. The number of nitrogens with zero attached hydrogens (tertiary/aromatic N) is 2. The topological polar surface area (TPSA) is 87.7 Å². The fourth-order valence-electron chi connectivity index (χ4n) is 1.80. The van der Waals surface area contributed by atoms with Gasteiger partial charge in [0.2, 0.25) is 5.56 Å². The highest BCUT2D eigenvalue weighted by atomic mass is 16.1. The Balaban J connectivity index is 1.87. The average molecular weight is 266 g/mol. The first kappa shape index (κ1) is 12.0. The van der Waals surface area contributed by atoms with Gasteiger partial charge in [-0.2, -0.15) is 0 Å². The molecule has 0 radical (unpaired) electrons. The van der Waals surface area contributed by atoms with Gasteiger partial charge in [-0.25, -0.2) is 0 Å². The lowest BCUT2D eigenvalue weighted by Crippen LogP contribution is -2.14. The third-order valence-corrected chi connectivity index (χ3v) is 2.77. The second kappa shape index (κ2) is 4.93. The molecule has 0 bridgehead atoms. The Morgan fingerprint density at radius 3 is 2.60 bits per heavy atom. The Bertz CT molecular complexity index is 821. The summed E-state index contributed by atoms with van der Waals surface area (Å²) >= 11 is 0. The summed E-state index contributed by atoms with van der Waals surface area (Å²) < 4.78 is 0. The zero-order valence-electron chi connectivity index (χ0n) is 10.3. The second-order valence-corrected chi connectivity index (χ2v) is 4.16. The molecule has 20 heavy (non-hydrogen) atoms. The van der Waals surface area contributed by atoms with E-state index in [4.69, 9.17) is 0 Å². The maximum Gasteiger partial charge on any atom is 0.257 e. The van der Waals surface area contributed by atoms with Crippen LogP contribution >= 0.6 is 0 Å². The van der Waals surface area contributed by atoms with E-state index in [0.29, 0.717) is 16.8 Å². The van der Waals surface area contributed by atoms with E-state index < -0.39 is 0 Å². The number of amides is 1. The van der Waals surface area contributed by atoms with Crippen LogP contribution in [0.3, 0.4) is 0 Å². The third kappa shape index (κ3) is 2.39. The highest BCUT2D eigenvalue weighted by Gasteiger charge is 2.06. The standard InChI is InChI=1S/C14H10N4O2/c19-13-4-1-9(8-17-13)14(20)18-10-2-3-11-12(7-10)16-6-5-15-11/h1-8H,(H,17,19)(H,18,20). The van der Waals surface area contributed by atoms with Gasteiger partial charge in [0.1, 0.15) is 0 Å². The molecular formula is C14H10N4O2. The van der Waals surface area contributed by atoms with Gasteiger partial charge in [0.05, 0.1) is 16.6 Å². The van der Waals surface area contributed by atoms with E-state index >= 15 is 0 Å². The number of fused-ring (bicyclic) bond motifs is 1. The molecule has 2 N–H and O–H groups in total. The van der Waals surface area contributed by atoms with Crippen molar-refractivity contribution in [1.29, 1.82) is 0 Å². The van der Waals surface area contributed by atoms with E-state index in [9.17, 15) is 9.59 Å². The molecule has 6 heteroatoms. The summed E-state index contributed by atoms with van der Waals surface area (Å²) in [6.07, 6.45) is 4.58. The van der Waals surface area contributed by atoms with Crippen LogP contribution in [0.5, 0.6) is 0 Å². The summed E-state index contributed by atoms with van der Waals surface area (Å²) in [5, 5.41) is 2.74. The minimum absolute atomic E-state index is 0.248. The Morgan fingerprint density at radius 1 is 1.05 bits per heavy atom. The number of aromatic nitrogens is 3. The zero-order chi connectivity index (χ0) is 13.9. The van der Waals surface area contributed by atoms with Crippen LogP contribution in [-0.2, 0) is 0 Å². The number of carbonyl (C=O) groups excluding carboxylic acids is 1. The van der Waals surface area contributed by atoms with Crippen LogP contribution in [0.25, 0.3) is 11.0 Å². The quantitative estimate of drug-likeness (QED) is 0.737. The van der Waals surface area contributed by atoms with E-state index in [1.807, 2.05) is 0 Å². The monoisotopic (exact) mass is 266 g/mol. The molecule has 0 aliphatic carbocycles. The van der Waals surface area contributed by atoms with Gasteiger partial charge in [-0.15, -0.1) is 0 Å². The molecule has 0 saturated heterocycles. The molecule has 3 aromatic rings. The molecule has 1 amide bonds. The Hall–Kier alpha value is -3.02. The lowest BCUT2D eigenvalue weighted by Gasteiger charge is -2.05. The van der Waals surface area contributed by atoms with Crippen molar-refractivity contribution < 1.29 is 4.79 Å². The predicted molar refractivity (Wildman–Crippen MR) is 74.6 cm³/mol. The lowest BCUT2D eigenvalue weighted by atomic mass is 10.2. The summed E-state index contributed by atoms with van der Waals surface area (Å²) in [5.41, 5.74) is 2.21. The van der Waals surface area contributed by atoms with Gasteiger partial charge in [0.25, 0.3) is 5.91 Å². The molecule has 3 rings (SSSR count). The molecule has 0 spiro atoms. The molecule has 0 aliphatic rings. The highest BCUT2D eigenvalue weighted by molar-refractivity contribution is 6.04. The number of aromatic amines is 1. The molecule has 0 unspecified atom stereocenters. The number of rotatable bonds is 2. The molecule has 0 aliphatic heterocycles. The van der Waals surface area contributed by atoms with E-state index in [1.54, 1.807) is 30.6 Å². The first-order valence-electron chi connectivity index (χ1n) is 5.93. The summed E-state index contributed by atoms with van der Waals surface area (Å²) in [6.45, 7) is 0. The molecule has 2 heterocycles. The molecule has 0 saturated carbocycles. The normalized spacial score (nSPS) is 10.4. The van der Waals surface area contributed by atoms with Crippen molar-refractivity contribution in [2.24, 2.45) is 0 Å². The van der Waals surface area contributed by atoms with Gasteiger partial charge in [-0.05, 0) is 24.3 Å². The van der Waals surface area contributed by atoms with E-state index in [2.05, 4.69) is 20.3 Å². The van der Waals surface area contributed by atoms with Crippen LogP contribution < -0.4 is 10.9 Å². The number of anilines is 1. The fourth-order valence-corrected chi connectivity index (χ4v) is 1.80. The van der Waals surface area contributed by atoms with Crippen molar-refractivity contribution in [1.82, 2.24) is 15.0 Å². The number of benzene rings is 1. The Labute approximate surface area is 113 Å². The first-order valence-corrected chi connectivity index (χ1v) is 5.93. The van der Waals surface area contributed by atoms with Gasteiger partial charge in [-0.1, -0.05) is 0 Å². The third-order valence-electron chi connectivity index (χ3n) is 2.77. The largest absolute Gasteiger partial charge is 0.328 e. The molecule has 1 aromatic carbocycles. The summed E-state index contributed by atoms with van der Waals surface area (Å²) in [7, 11) is 0. The number of nitrogens with one attached hydrogen (secondary N) is 2. The van der Waals surface area contributed by atoms with Gasteiger partial charge >= 0.3 is 0 Å². The van der Waals surface area contributed by atoms with Crippen molar-refractivity contribution in [3.63, 3.8) is 0 Å². The molecule has 6 nitrogen and oxygen atoms in total. The Morgan fingerprint density at radius 2 is 1.85 bits per heavy atom. The van der Waals surface area contributed by atoms with E-state index in [-0.39, 0.29) is 11.5 Å². The summed E-state index contributed by atoms with van der Waals surface area (Å²) in [5.74, 6) is -0.301. The highest BCUT2D eigenvalue weighted by Crippen LogP contribution is 2.15. The van der Waals surface area contributed by atoms with E-state index in [1.165, 1.54) is 18.3 Å². The fraction of sp³-hybridized carbons (Fsp3) is 0. The van der Waals surface area contributed by atoms with Crippen LogP contribution in [0.4, 0.5) is 5.69 Å². The van der Waals surface area contributed by atoms with Crippen LogP contribution in [0.1, 0.15) is 10.4 Å². The van der Waals surface area contributed by atoms with Crippen molar-refractivity contribution in [3.8, 4) is 0 Å². The van der Waals surface area contributed by atoms with Gasteiger partial charge < -0.3 is 10.3 Å². The van der Waals surface area contributed by atoms with Gasteiger partial charge in [0, 0.05) is 30.3 Å². The van der Waals surface area contributed by atoms with Crippen molar-refractivity contribution >= 4 is 22.6 Å². The summed E-state index contributed by atoms with van der Waals surface area (Å²) in [4.78, 5) is 33.7. The zero-order valence-corrected chi connectivity index (χ0v) is 10.3. The minimum Gasteiger partial charge on any atom is -0.328 e. The van der Waals surface area contributed by atoms with Crippen LogP contribution in [0.15, 0.2) is 53.7 Å². The molecule has 0 fully saturated rings. The number of carbonyl (C=O) groups is 1. The van der Waals surface area contributed by atoms with Crippen molar-refractivity contribution in [2.45, 2.75) is 0 Å². The maximum absolute atomic E-state index is 12.0.